The molecule has 22 heavy (non-hydrogen) atoms. The molecule has 0 aliphatic carbocycles. The zero-order valence-electron chi connectivity index (χ0n) is 12.3. The second-order valence-electron chi connectivity index (χ2n) is 4.84. The lowest BCUT2D eigenvalue weighted by molar-refractivity contribution is 0.240. The van der Waals surface area contributed by atoms with Crippen LogP contribution in [0.15, 0.2) is 9.90 Å². The Bertz CT molecular complexity index is 569. The van der Waals surface area contributed by atoms with E-state index < -0.39 is 0 Å². The molecular weight excluding hydrogens is 347 g/mol. The SMILES string of the molecule is Cc1csc(N2CCN(Cc3noc(CN)n3)CC2)n1.Cl.Cl. The minimum atomic E-state index is 0. The van der Waals surface area contributed by atoms with Gasteiger partial charge < -0.3 is 15.2 Å². The highest BCUT2D eigenvalue weighted by Crippen LogP contribution is 2.21. The maximum Gasteiger partial charge on any atom is 0.240 e. The first-order valence-electron chi connectivity index (χ1n) is 6.65. The Morgan fingerprint density at radius 2 is 1.95 bits per heavy atom. The van der Waals surface area contributed by atoms with Gasteiger partial charge in [0.2, 0.25) is 5.89 Å². The highest BCUT2D eigenvalue weighted by atomic mass is 35.5. The summed E-state index contributed by atoms with van der Waals surface area (Å²) >= 11 is 1.71. The van der Waals surface area contributed by atoms with Gasteiger partial charge in [-0.25, -0.2) is 4.98 Å². The van der Waals surface area contributed by atoms with Gasteiger partial charge in [0.15, 0.2) is 11.0 Å². The van der Waals surface area contributed by atoms with Crippen LogP contribution in [-0.2, 0) is 13.1 Å². The zero-order valence-corrected chi connectivity index (χ0v) is 14.7. The first kappa shape index (κ1) is 19.1. The summed E-state index contributed by atoms with van der Waals surface area (Å²) in [5, 5.41) is 7.14. The molecule has 124 valence electrons. The molecule has 2 aromatic rings. The number of anilines is 1. The summed E-state index contributed by atoms with van der Waals surface area (Å²) in [7, 11) is 0. The summed E-state index contributed by atoms with van der Waals surface area (Å²) in [4.78, 5) is 13.4. The monoisotopic (exact) mass is 366 g/mol. The molecule has 0 bridgehead atoms. The van der Waals surface area contributed by atoms with Gasteiger partial charge in [0.1, 0.15) is 0 Å². The van der Waals surface area contributed by atoms with Crippen LogP contribution in [0.2, 0.25) is 0 Å². The summed E-state index contributed by atoms with van der Waals surface area (Å²) in [6.07, 6.45) is 0. The van der Waals surface area contributed by atoms with Gasteiger partial charge >= 0.3 is 0 Å². The van der Waals surface area contributed by atoms with E-state index in [2.05, 4.69) is 30.3 Å². The number of aryl methyl sites for hydroxylation is 1. The van der Waals surface area contributed by atoms with E-state index in [1.807, 2.05) is 6.92 Å². The molecule has 0 amide bonds. The Morgan fingerprint density at radius 3 is 2.50 bits per heavy atom. The van der Waals surface area contributed by atoms with Gasteiger partial charge in [-0.05, 0) is 6.92 Å². The van der Waals surface area contributed by atoms with Crippen molar-refractivity contribution in [3.8, 4) is 0 Å². The highest BCUT2D eigenvalue weighted by molar-refractivity contribution is 7.13. The molecule has 1 aliphatic heterocycles. The van der Waals surface area contributed by atoms with Crippen LogP contribution in [-0.4, -0.2) is 46.2 Å². The van der Waals surface area contributed by atoms with Gasteiger partial charge in [0.05, 0.1) is 18.8 Å². The molecule has 1 aliphatic rings. The van der Waals surface area contributed by atoms with Crippen molar-refractivity contribution in [1.29, 1.82) is 0 Å². The molecule has 0 aromatic carbocycles. The van der Waals surface area contributed by atoms with E-state index in [0.29, 0.717) is 24.8 Å². The van der Waals surface area contributed by atoms with Crippen molar-refractivity contribution >= 4 is 41.3 Å². The fourth-order valence-corrected chi connectivity index (χ4v) is 3.08. The summed E-state index contributed by atoms with van der Waals surface area (Å²) < 4.78 is 5.02. The van der Waals surface area contributed by atoms with Crippen molar-refractivity contribution in [1.82, 2.24) is 20.0 Å². The standard InChI is InChI=1S/C12H18N6OS.2ClH/c1-9-8-20-12(14-9)18-4-2-17(3-5-18)7-10-15-11(6-13)19-16-10;;/h8H,2-7,13H2,1H3;2*1H. The molecule has 0 unspecified atom stereocenters. The van der Waals surface area contributed by atoms with Crippen molar-refractivity contribution in [2.45, 2.75) is 20.0 Å². The van der Waals surface area contributed by atoms with E-state index in [-0.39, 0.29) is 24.8 Å². The molecule has 0 radical (unpaired) electrons. The third kappa shape index (κ3) is 4.53. The lowest BCUT2D eigenvalue weighted by Gasteiger charge is -2.33. The Kier molecular flexibility index (Phi) is 7.51. The highest BCUT2D eigenvalue weighted by Gasteiger charge is 2.20. The zero-order chi connectivity index (χ0) is 13.9. The minimum absolute atomic E-state index is 0. The van der Waals surface area contributed by atoms with Crippen LogP contribution in [0.5, 0.6) is 0 Å². The molecule has 7 nitrogen and oxygen atoms in total. The molecule has 0 spiro atoms. The summed E-state index contributed by atoms with van der Waals surface area (Å²) in [5.41, 5.74) is 6.55. The van der Waals surface area contributed by atoms with Gasteiger partial charge in [-0.15, -0.1) is 36.2 Å². The Labute approximate surface area is 145 Å². The van der Waals surface area contributed by atoms with E-state index in [1.165, 1.54) is 0 Å². The molecule has 0 atom stereocenters. The number of hydrogen-bond acceptors (Lipinski definition) is 8. The quantitative estimate of drug-likeness (QED) is 0.876. The summed E-state index contributed by atoms with van der Waals surface area (Å²) in [6, 6.07) is 0. The average molecular weight is 367 g/mol. The van der Waals surface area contributed by atoms with E-state index in [1.54, 1.807) is 11.3 Å². The number of nitrogens with zero attached hydrogens (tertiary/aromatic N) is 5. The predicted octanol–water partition coefficient (Wildman–Crippen LogP) is 1.46. The van der Waals surface area contributed by atoms with Crippen LogP contribution in [0.4, 0.5) is 5.13 Å². The molecular formula is C12H20Cl2N6OS. The number of piperazine rings is 1. The fourth-order valence-electron chi connectivity index (χ4n) is 2.22. The van der Waals surface area contributed by atoms with Gasteiger partial charge in [-0.1, -0.05) is 5.16 Å². The van der Waals surface area contributed by atoms with Crippen LogP contribution in [0.1, 0.15) is 17.4 Å². The average Bonchev–Trinajstić information content (AvgIpc) is 3.09. The van der Waals surface area contributed by atoms with Crippen molar-refractivity contribution in [2.75, 3.05) is 31.1 Å². The molecule has 10 heteroatoms. The number of aromatic nitrogens is 3. The van der Waals surface area contributed by atoms with Gasteiger partial charge in [-0.2, -0.15) is 4.98 Å². The third-order valence-electron chi connectivity index (χ3n) is 3.30. The van der Waals surface area contributed by atoms with Crippen molar-refractivity contribution in [3.05, 3.63) is 22.8 Å². The molecule has 3 heterocycles. The predicted molar refractivity (Wildman–Crippen MR) is 91.0 cm³/mol. The van der Waals surface area contributed by atoms with Gasteiger partial charge in [0.25, 0.3) is 0 Å². The normalized spacial score (nSPS) is 15.3. The molecule has 1 fully saturated rings. The Morgan fingerprint density at radius 1 is 1.23 bits per heavy atom. The van der Waals surface area contributed by atoms with Crippen LogP contribution in [0.3, 0.4) is 0 Å². The number of rotatable bonds is 4. The van der Waals surface area contributed by atoms with E-state index >= 15 is 0 Å². The second kappa shape index (κ2) is 8.64. The Hall–Kier alpha value is -0.930. The smallest absolute Gasteiger partial charge is 0.240 e. The van der Waals surface area contributed by atoms with Gasteiger partial charge in [-0.3, -0.25) is 4.90 Å². The van der Waals surface area contributed by atoms with E-state index in [9.17, 15) is 0 Å². The minimum Gasteiger partial charge on any atom is -0.346 e. The lowest BCUT2D eigenvalue weighted by Crippen LogP contribution is -2.46. The lowest BCUT2D eigenvalue weighted by atomic mass is 10.3. The maximum atomic E-state index is 5.46. The largest absolute Gasteiger partial charge is 0.346 e. The third-order valence-corrected chi connectivity index (χ3v) is 4.32. The van der Waals surface area contributed by atoms with Crippen LogP contribution in [0.25, 0.3) is 0 Å². The molecule has 1 saturated heterocycles. The van der Waals surface area contributed by atoms with Crippen molar-refractivity contribution < 1.29 is 4.52 Å². The van der Waals surface area contributed by atoms with Crippen LogP contribution in [0, 0.1) is 6.92 Å². The van der Waals surface area contributed by atoms with Crippen LogP contribution >= 0.6 is 36.2 Å². The molecule has 2 N–H and O–H groups in total. The maximum absolute atomic E-state index is 5.46. The first-order valence-corrected chi connectivity index (χ1v) is 7.53. The number of thiazole rings is 1. The van der Waals surface area contributed by atoms with Crippen molar-refractivity contribution in [2.24, 2.45) is 5.73 Å². The summed E-state index contributed by atoms with van der Waals surface area (Å²) in [5.74, 6) is 1.21. The van der Waals surface area contributed by atoms with Crippen molar-refractivity contribution in [3.63, 3.8) is 0 Å². The number of nitrogens with two attached hydrogens (primary N) is 1. The molecule has 0 saturated carbocycles. The van der Waals surface area contributed by atoms with Gasteiger partial charge in [0, 0.05) is 31.6 Å². The summed E-state index contributed by atoms with van der Waals surface area (Å²) in [6.45, 7) is 6.96. The molecule has 2 aromatic heterocycles. The Balaban J connectivity index is 0.00000121. The topological polar surface area (TPSA) is 84.3 Å². The second-order valence-corrected chi connectivity index (χ2v) is 5.68. The van der Waals surface area contributed by atoms with E-state index in [4.69, 9.17) is 10.3 Å². The van der Waals surface area contributed by atoms with E-state index in [0.717, 1.165) is 37.0 Å². The first-order chi connectivity index (χ1) is 9.74. The number of hydrogen-bond donors (Lipinski definition) is 1. The molecule has 3 rings (SSSR count). The van der Waals surface area contributed by atoms with Crippen LogP contribution < -0.4 is 10.6 Å². The fraction of sp³-hybridized carbons (Fsp3) is 0.583. The number of halogens is 2.